The summed E-state index contributed by atoms with van der Waals surface area (Å²) >= 11 is 0. The standard InChI is InChI=1S/C11H18F3NO2/c12-11(13,14)8-17-15-10(16)7-9-5-3-1-2-4-6-9/h9H,1-8H2,(H,15,16). The molecule has 3 nitrogen and oxygen atoms in total. The van der Waals surface area contributed by atoms with Crippen LogP contribution in [0.1, 0.15) is 44.9 Å². The Hall–Kier alpha value is -0.780. The van der Waals surface area contributed by atoms with Crippen LogP contribution in [0.3, 0.4) is 0 Å². The van der Waals surface area contributed by atoms with Gasteiger partial charge in [-0.2, -0.15) is 13.2 Å². The molecule has 1 aliphatic rings. The predicted molar refractivity (Wildman–Crippen MR) is 56.0 cm³/mol. The Morgan fingerprint density at radius 1 is 1.18 bits per heavy atom. The van der Waals surface area contributed by atoms with Gasteiger partial charge >= 0.3 is 6.18 Å². The summed E-state index contributed by atoms with van der Waals surface area (Å²) in [5.41, 5.74) is 1.85. The maximum absolute atomic E-state index is 11.7. The number of hydroxylamine groups is 1. The summed E-state index contributed by atoms with van der Waals surface area (Å²) in [7, 11) is 0. The molecule has 1 N–H and O–H groups in total. The molecule has 0 saturated heterocycles. The van der Waals surface area contributed by atoms with E-state index >= 15 is 0 Å². The topological polar surface area (TPSA) is 38.3 Å². The van der Waals surface area contributed by atoms with Crippen molar-refractivity contribution in [1.29, 1.82) is 0 Å². The molecule has 1 saturated carbocycles. The van der Waals surface area contributed by atoms with E-state index in [0.29, 0.717) is 0 Å². The zero-order valence-electron chi connectivity index (χ0n) is 9.68. The van der Waals surface area contributed by atoms with Gasteiger partial charge in [0.05, 0.1) is 0 Å². The van der Waals surface area contributed by atoms with Crippen molar-refractivity contribution in [2.45, 2.75) is 51.1 Å². The summed E-state index contributed by atoms with van der Waals surface area (Å²) in [6.45, 7) is -1.44. The molecule has 0 aliphatic heterocycles. The van der Waals surface area contributed by atoms with E-state index in [2.05, 4.69) is 4.84 Å². The van der Waals surface area contributed by atoms with Gasteiger partial charge in [0.25, 0.3) is 0 Å². The zero-order valence-corrected chi connectivity index (χ0v) is 9.68. The van der Waals surface area contributed by atoms with E-state index in [1.54, 1.807) is 0 Å². The minimum absolute atomic E-state index is 0.262. The fraction of sp³-hybridized carbons (Fsp3) is 0.909. The smallest absolute Gasteiger partial charge is 0.273 e. The van der Waals surface area contributed by atoms with Gasteiger partial charge in [0.2, 0.25) is 5.91 Å². The Balaban J connectivity index is 2.15. The Labute approximate surface area is 98.7 Å². The van der Waals surface area contributed by atoms with Crippen molar-refractivity contribution < 1.29 is 22.8 Å². The number of alkyl halides is 3. The van der Waals surface area contributed by atoms with Gasteiger partial charge in [-0.15, -0.1) is 0 Å². The number of amides is 1. The molecule has 0 heterocycles. The van der Waals surface area contributed by atoms with E-state index in [1.807, 2.05) is 5.48 Å². The number of hydrogen-bond acceptors (Lipinski definition) is 2. The third-order valence-electron chi connectivity index (χ3n) is 2.87. The molecular formula is C11H18F3NO2. The first-order chi connectivity index (χ1) is 7.97. The summed E-state index contributed by atoms with van der Waals surface area (Å²) < 4.78 is 35.2. The lowest BCUT2D eigenvalue weighted by Gasteiger charge is -2.13. The molecule has 1 rings (SSSR count). The highest BCUT2D eigenvalue weighted by Gasteiger charge is 2.28. The first-order valence-electron chi connectivity index (χ1n) is 5.95. The quantitative estimate of drug-likeness (QED) is 0.618. The van der Waals surface area contributed by atoms with Gasteiger partial charge in [0.15, 0.2) is 6.61 Å². The predicted octanol–water partition coefficient (Wildman–Crippen LogP) is 2.96. The number of halogens is 3. The molecule has 0 aromatic carbocycles. The van der Waals surface area contributed by atoms with E-state index < -0.39 is 18.7 Å². The van der Waals surface area contributed by atoms with E-state index in [-0.39, 0.29) is 12.3 Å². The largest absolute Gasteiger partial charge is 0.414 e. The van der Waals surface area contributed by atoms with Gasteiger partial charge in [-0.1, -0.05) is 25.7 Å². The van der Waals surface area contributed by atoms with Gasteiger partial charge in [-0.25, -0.2) is 5.48 Å². The normalized spacial score (nSPS) is 18.8. The van der Waals surface area contributed by atoms with Crippen LogP contribution in [-0.4, -0.2) is 18.7 Å². The van der Waals surface area contributed by atoms with Crippen LogP contribution in [0.5, 0.6) is 0 Å². The lowest BCUT2D eigenvalue weighted by atomic mass is 9.96. The molecule has 0 aromatic heterocycles. The van der Waals surface area contributed by atoms with E-state index in [9.17, 15) is 18.0 Å². The third-order valence-corrected chi connectivity index (χ3v) is 2.87. The van der Waals surface area contributed by atoms with Gasteiger partial charge in [0.1, 0.15) is 0 Å². The van der Waals surface area contributed by atoms with Crippen LogP contribution in [0.15, 0.2) is 0 Å². The molecule has 0 radical (unpaired) electrons. The van der Waals surface area contributed by atoms with Crippen LogP contribution < -0.4 is 5.48 Å². The molecular weight excluding hydrogens is 235 g/mol. The first-order valence-corrected chi connectivity index (χ1v) is 5.95. The van der Waals surface area contributed by atoms with Gasteiger partial charge in [-0.05, 0) is 18.8 Å². The highest BCUT2D eigenvalue weighted by molar-refractivity contribution is 5.75. The second kappa shape index (κ2) is 6.83. The van der Waals surface area contributed by atoms with Crippen molar-refractivity contribution in [2.24, 2.45) is 5.92 Å². The Kier molecular flexibility index (Phi) is 5.74. The summed E-state index contributed by atoms with van der Waals surface area (Å²) in [6, 6.07) is 0. The highest BCUT2D eigenvalue weighted by atomic mass is 19.4. The molecule has 100 valence electrons. The van der Waals surface area contributed by atoms with Crippen LogP contribution in [0.25, 0.3) is 0 Å². The summed E-state index contributed by atoms with van der Waals surface area (Å²) in [6.07, 6.45) is 2.38. The average Bonchev–Trinajstić information content (AvgIpc) is 2.44. The summed E-state index contributed by atoms with van der Waals surface area (Å²) in [4.78, 5) is 15.4. The maximum Gasteiger partial charge on any atom is 0.414 e. The fourth-order valence-electron chi connectivity index (χ4n) is 2.07. The van der Waals surface area contributed by atoms with Gasteiger partial charge in [-0.3, -0.25) is 9.63 Å². The average molecular weight is 253 g/mol. The van der Waals surface area contributed by atoms with Crippen molar-refractivity contribution in [3.8, 4) is 0 Å². The summed E-state index contributed by atoms with van der Waals surface area (Å²) in [5.74, 6) is -0.173. The number of carbonyl (C=O) groups excluding carboxylic acids is 1. The molecule has 0 atom stereocenters. The van der Waals surface area contributed by atoms with Crippen LogP contribution in [0.2, 0.25) is 0 Å². The molecule has 1 fully saturated rings. The Morgan fingerprint density at radius 3 is 2.29 bits per heavy atom. The third kappa shape index (κ3) is 7.20. The van der Waals surface area contributed by atoms with Crippen molar-refractivity contribution in [3.05, 3.63) is 0 Å². The van der Waals surface area contributed by atoms with E-state index in [1.165, 1.54) is 12.8 Å². The van der Waals surface area contributed by atoms with Crippen molar-refractivity contribution in [3.63, 3.8) is 0 Å². The van der Waals surface area contributed by atoms with Crippen LogP contribution in [-0.2, 0) is 9.63 Å². The van der Waals surface area contributed by atoms with Gasteiger partial charge in [0, 0.05) is 6.42 Å². The van der Waals surface area contributed by atoms with E-state index in [0.717, 1.165) is 25.7 Å². The van der Waals surface area contributed by atoms with Crippen molar-refractivity contribution in [1.82, 2.24) is 5.48 Å². The molecule has 0 unspecified atom stereocenters. The molecule has 17 heavy (non-hydrogen) atoms. The summed E-state index contributed by atoms with van der Waals surface area (Å²) in [5, 5.41) is 0. The lowest BCUT2D eigenvalue weighted by Crippen LogP contribution is -2.30. The monoisotopic (exact) mass is 253 g/mol. The minimum atomic E-state index is -4.41. The van der Waals surface area contributed by atoms with Crippen molar-refractivity contribution in [2.75, 3.05) is 6.61 Å². The number of carbonyl (C=O) groups is 1. The first kappa shape index (κ1) is 14.3. The molecule has 0 aromatic rings. The second-order valence-electron chi connectivity index (χ2n) is 4.49. The Morgan fingerprint density at radius 2 is 1.76 bits per heavy atom. The lowest BCUT2D eigenvalue weighted by molar-refractivity contribution is -0.192. The molecule has 0 bridgehead atoms. The van der Waals surface area contributed by atoms with E-state index in [4.69, 9.17) is 0 Å². The highest BCUT2D eigenvalue weighted by Crippen LogP contribution is 2.25. The van der Waals surface area contributed by atoms with Crippen LogP contribution >= 0.6 is 0 Å². The second-order valence-corrected chi connectivity index (χ2v) is 4.49. The van der Waals surface area contributed by atoms with Crippen LogP contribution in [0, 0.1) is 5.92 Å². The Bertz CT molecular complexity index is 235. The minimum Gasteiger partial charge on any atom is -0.273 e. The number of hydrogen-bond donors (Lipinski definition) is 1. The molecule has 1 amide bonds. The zero-order chi connectivity index (χ0) is 12.7. The molecule has 6 heteroatoms. The molecule has 0 spiro atoms. The number of rotatable bonds is 4. The fourth-order valence-corrected chi connectivity index (χ4v) is 2.07. The van der Waals surface area contributed by atoms with Crippen molar-refractivity contribution >= 4 is 5.91 Å². The van der Waals surface area contributed by atoms with Crippen LogP contribution in [0.4, 0.5) is 13.2 Å². The van der Waals surface area contributed by atoms with Gasteiger partial charge < -0.3 is 0 Å². The maximum atomic E-state index is 11.7. The SMILES string of the molecule is O=C(CC1CCCCCC1)NOCC(F)(F)F. The molecule has 1 aliphatic carbocycles. The number of nitrogens with one attached hydrogen (secondary N) is 1.